The van der Waals surface area contributed by atoms with Crippen molar-refractivity contribution >= 4 is 27.5 Å². The average Bonchev–Trinajstić information content (AvgIpc) is 2.27. The van der Waals surface area contributed by atoms with Crippen molar-refractivity contribution < 1.29 is 13.7 Å². The molecule has 2 aromatic carbocycles. The fraction of sp³-hybridized carbons (Fsp3) is 0.154. The van der Waals surface area contributed by atoms with Crippen LogP contribution >= 0.6 is 0 Å². The van der Waals surface area contributed by atoms with Gasteiger partial charge in [-0.15, -0.1) is 0 Å². The van der Waals surface area contributed by atoms with Gasteiger partial charge in [0.2, 0.25) is 0 Å². The van der Waals surface area contributed by atoms with Crippen LogP contribution in [0.5, 0.6) is 5.75 Å². The maximum atomic E-state index is 11.7. The smallest absolute Gasteiger partial charge is 0.308 e. The maximum Gasteiger partial charge on any atom is 0.308 e. The highest BCUT2D eigenvalue weighted by Gasteiger charge is 2.10. The van der Waals surface area contributed by atoms with Crippen LogP contribution in [-0.2, 0) is 15.6 Å². The minimum absolute atomic E-state index is 0.380. The first kappa shape index (κ1) is 11.8. The quantitative estimate of drug-likeness (QED) is 0.606. The monoisotopic (exact) mass is 248 g/mol. The number of benzene rings is 2. The molecule has 0 amide bonds. The van der Waals surface area contributed by atoms with E-state index < -0.39 is 10.8 Å². The molecule has 17 heavy (non-hydrogen) atoms. The van der Waals surface area contributed by atoms with Crippen molar-refractivity contribution in [1.29, 1.82) is 0 Å². The van der Waals surface area contributed by atoms with E-state index in [1.54, 1.807) is 18.4 Å². The van der Waals surface area contributed by atoms with E-state index in [1.807, 2.05) is 24.3 Å². The van der Waals surface area contributed by atoms with Gasteiger partial charge in [-0.1, -0.05) is 24.3 Å². The summed E-state index contributed by atoms with van der Waals surface area (Å²) in [7, 11) is -1.12. The van der Waals surface area contributed by atoms with E-state index in [1.165, 1.54) is 6.92 Å². The summed E-state index contributed by atoms with van der Waals surface area (Å²) >= 11 is 0. The standard InChI is InChI=1S/C13H12O3S/c1-9(14)16-11-7-3-5-10-6-4-8-12(13(10)11)17(2)15/h3-8H,1-2H3. The van der Waals surface area contributed by atoms with Crippen LogP contribution in [0, 0.1) is 0 Å². The Morgan fingerprint density at radius 2 is 1.82 bits per heavy atom. The first-order valence-electron chi connectivity index (χ1n) is 5.13. The van der Waals surface area contributed by atoms with Gasteiger partial charge < -0.3 is 4.74 Å². The SMILES string of the molecule is CC(=O)Oc1cccc2cccc(S(C)=O)c12. The summed E-state index contributed by atoms with van der Waals surface area (Å²) in [5, 5.41) is 1.66. The van der Waals surface area contributed by atoms with Crippen LogP contribution in [0.25, 0.3) is 10.8 Å². The molecular weight excluding hydrogens is 236 g/mol. The molecule has 1 atom stereocenters. The molecule has 2 aromatic rings. The van der Waals surface area contributed by atoms with Crippen LogP contribution in [0.1, 0.15) is 6.92 Å². The van der Waals surface area contributed by atoms with Gasteiger partial charge in [0.1, 0.15) is 5.75 Å². The zero-order chi connectivity index (χ0) is 12.4. The van der Waals surface area contributed by atoms with Gasteiger partial charge in [0.05, 0.1) is 15.7 Å². The molecule has 1 unspecified atom stereocenters. The number of hydrogen-bond acceptors (Lipinski definition) is 3. The van der Waals surface area contributed by atoms with Crippen molar-refractivity contribution in [2.75, 3.05) is 6.26 Å². The first-order chi connectivity index (χ1) is 8.09. The molecule has 0 saturated heterocycles. The van der Waals surface area contributed by atoms with Crippen molar-refractivity contribution in [3.63, 3.8) is 0 Å². The van der Waals surface area contributed by atoms with Gasteiger partial charge in [0.25, 0.3) is 0 Å². The molecule has 0 radical (unpaired) electrons. The molecule has 2 rings (SSSR count). The van der Waals surface area contributed by atoms with Crippen LogP contribution in [0.4, 0.5) is 0 Å². The number of esters is 1. The fourth-order valence-electron chi connectivity index (χ4n) is 1.75. The molecule has 0 saturated carbocycles. The molecule has 4 heteroatoms. The molecule has 0 fully saturated rings. The molecule has 0 heterocycles. The Balaban J connectivity index is 2.75. The Morgan fingerprint density at radius 3 is 2.41 bits per heavy atom. The van der Waals surface area contributed by atoms with Crippen molar-refractivity contribution in [3.05, 3.63) is 36.4 Å². The minimum atomic E-state index is -1.12. The highest BCUT2D eigenvalue weighted by atomic mass is 32.2. The Hall–Kier alpha value is -1.68. The van der Waals surface area contributed by atoms with Crippen LogP contribution < -0.4 is 4.74 Å². The van der Waals surface area contributed by atoms with Gasteiger partial charge in [-0.3, -0.25) is 9.00 Å². The van der Waals surface area contributed by atoms with Gasteiger partial charge in [-0.05, 0) is 17.5 Å². The maximum absolute atomic E-state index is 11.7. The van der Waals surface area contributed by atoms with Gasteiger partial charge in [0, 0.05) is 18.6 Å². The summed E-state index contributed by atoms with van der Waals surface area (Å²) in [4.78, 5) is 11.7. The zero-order valence-electron chi connectivity index (χ0n) is 9.60. The van der Waals surface area contributed by atoms with Crippen LogP contribution in [-0.4, -0.2) is 16.4 Å². The van der Waals surface area contributed by atoms with E-state index in [0.717, 1.165) is 10.8 Å². The topological polar surface area (TPSA) is 43.4 Å². The zero-order valence-corrected chi connectivity index (χ0v) is 10.4. The van der Waals surface area contributed by atoms with Crippen LogP contribution in [0.15, 0.2) is 41.3 Å². The van der Waals surface area contributed by atoms with Crippen LogP contribution in [0.2, 0.25) is 0 Å². The van der Waals surface area contributed by atoms with Gasteiger partial charge in [-0.25, -0.2) is 0 Å². The Kier molecular flexibility index (Phi) is 3.24. The summed E-state index contributed by atoms with van der Waals surface area (Å²) in [6.07, 6.45) is 1.61. The summed E-state index contributed by atoms with van der Waals surface area (Å²) < 4.78 is 16.8. The molecule has 0 spiro atoms. The third-order valence-electron chi connectivity index (χ3n) is 2.39. The average molecular weight is 248 g/mol. The molecule has 88 valence electrons. The number of rotatable bonds is 2. The largest absolute Gasteiger partial charge is 0.426 e. The number of carbonyl (C=O) groups excluding carboxylic acids is 1. The van der Waals surface area contributed by atoms with E-state index >= 15 is 0 Å². The van der Waals surface area contributed by atoms with E-state index in [2.05, 4.69) is 0 Å². The summed E-state index contributed by atoms with van der Waals surface area (Å²) in [6.45, 7) is 1.35. The van der Waals surface area contributed by atoms with Crippen molar-refractivity contribution in [2.24, 2.45) is 0 Å². The molecule has 0 N–H and O–H groups in total. The molecule has 0 aliphatic carbocycles. The van der Waals surface area contributed by atoms with Crippen molar-refractivity contribution in [2.45, 2.75) is 11.8 Å². The van der Waals surface area contributed by atoms with Gasteiger partial charge in [-0.2, -0.15) is 0 Å². The summed E-state index contributed by atoms with van der Waals surface area (Å²) in [5.74, 6) is 0.0787. The predicted molar refractivity (Wildman–Crippen MR) is 67.6 cm³/mol. The first-order valence-corrected chi connectivity index (χ1v) is 6.69. The molecular formula is C13H12O3S. The minimum Gasteiger partial charge on any atom is -0.426 e. The number of carbonyl (C=O) groups is 1. The second-order valence-corrected chi connectivity index (χ2v) is 5.01. The Labute approximate surface area is 102 Å². The number of fused-ring (bicyclic) bond motifs is 1. The number of hydrogen-bond donors (Lipinski definition) is 0. The second kappa shape index (κ2) is 4.67. The lowest BCUT2D eigenvalue weighted by Crippen LogP contribution is -2.02. The van der Waals surface area contributed by atoms with E-state index in [0.29, 0.717) is 10.6 Å². The van der Waals surface area contributed by atoms with E-state index in [9.17, 15) is 9.00 Å². The van der Waals surface area contributed by atoms with E-state index in [4.69, 9.17) is 4.74 Å². The lowest BCUT2D eigenvalue weighted by atomic mass is 10.1. The summed E-state index contributed by atoms with van der Waals surface area (Å²) in [5.41, 5.74) is 0. The highest BCUT2D eigenvalue weighted by Crippen LogP contribution is 2.30. The predicted octanol–water partition coefficient (Wildman–Crippen LogP) is 2.50. The van der Waals surface area contributed by atoms with E-state index in [-0.39, 0.29) is 5.97 Å². The normalized spacial score (nSPS) is 12.4. The fourth-order valence-corrected chi connectivity index (χ4v) is 2.53. The van der Waals surface area contributed by atoms with Crippen LogP contribution in [0.3, 0.4) is 0 Å². The Morgan fingerprint density at radius 1 is 1.18 bits per heavy atom. The Bertz CT molecular complexity index is 599. The molecule has 0 bridgehead atoms. The third-order valence-corrected chi connectivity index (χ3v) is 3.35. The number of ether oxygens (including phenoxy) is 1. The molecule has 3 nitrogen and oxygen atoms in total. The van der Waals surface area contributed by atoms with Gasteiger partial charge in [0.15, 0.2) is 0 Å². The lowest BCUT2D eigenvalue weighted by molar-refractivity contribution is -0.131. The van der Waals surface area contributed by atoms with Gasteiger partial charge >= 0.3 is 5.97 Å². The molecule has 0 aliphatic rings. The molecule has 0 aliphatic heterocycles. The summed E-state index contributed by atoms with van der Waals surface area (Å²) in [6, 6.07) is 10.9. The highest BCUT2D eigenvalue weighted by molar-refractivity contribution is 7.84. The molecule has 0 aromatic heterocycles. The van der Waals surface area contributed by atoms with Crippen molar-refractivity contribution in [3.8, 4) is 5.75 Å². The lowest BCUT2D eigenvalue weighted by Gasteiger charge is -2.09. The van der Waals surface area contributed by atoms with Crippen molar-refractivity contribution in [1.82, 2.24) is 0 Å². The third kappa shape index (κ3) is 2.36. The second-order valence-electron chi connectivity index (χ2n) is 3.66.